The van der Waals surface area contributed by atoms with Crippen LogP contribution in [0.4, 0.5) is 0 Å². The predicted octanol–water partition coefficient (Wildman–Crippen LogP) is -1.29. The number of aliphatic carboxylic acids is 4. The van der Waals surface area contributed by atoms with Crippen molar-refractivity contribution in [3.05, 3.63) is 0 Å². The Bertz CT molecular complexity index is 164. The van der Waals surface area contributed by atoms with E-state index in [9.17, 15) is 0 Å². The van der Waals surface area contributed by atoms with Crippen molar-refractivity contribution in [2.24, 2.45) is 0 Å². The van der Waals surface area contributed by atoms with Crippen molar-refractivity contribution in [1.82, 2.24) is 0 Å². The molecule has 0 saturated carbocycles. The Kier molecular flexibility index (Phi) is 81.8. The summed E-state index contributed by atoms with van der Waals surface area (Å²) in [5, 5.41) is 29.7. The summed E-state index contributed by atoms with van der Waals surface area (Å²) in [4.78, 5) is 36.0. The van der Waals surface area contributed by atoms with Gasteiger partial charge in [0.15, 0.2) is 0 Å². The van der Waals surface area contributed by atoms with Gasteiger partial charge in [0.1, 0.15) is 0 Å². The van der Waals surface area contributed by atoms with Gasteiger partial charge in [-0.05, 0) is 0 Å². The van der Waals surface area contributed by atoms with E-state index in [0.29, 0.717) is 0 Å². The fourth-order valence-corrected chi connectivity index (χ4v) is 0. The molecule has 0 unspecified atom stereocenters. The summed E-state index contributed by atoms with van der Waals surface area (Å²) >= 11 is 0. The molecule has 0 heterocycles. The summed E-state index contributed by atoms with van der Waals surface area (Å²) in [6.45, 7) is 4.33. The van der Waals surface area contributed by atoms with Gasteiger partial charge in [-0.3, -0.25) is 19.2 Å². The van der Waals surface area contributed by atoms with Crippen molar-refractivity contribution in [3.63, 3.8) is 0 Å². The topological polar surface area (TPSA) is 212 Å². The number of carboxylic acid groups (broad SMARTS) is 4. The molecule has 0 radical (unpaired) electrons. The molecule has 0 aromatic rings. The maximum Gasteiger partial charge on any atom is 0.300 e. The van der Waals surface area contributed by atoms with Crippen molar-refractivity contribution >= 4 is 23.9 Å². The van der Waals surface area contributed by atoms with Crippen LogP contribution in [0.15, 0.2) is 0 Å². The van der Waals surface area contributed by atoms with Gasteiger partial charge in [-0.1, -0.05) is 0 Å². The summed E-state index contributed by atoms with van der Waals surface area (Å²) in [5.41, 5.74) is 0. The van der Waals surface area contributed by atoms with Crippen molar-refractivity contribution in [2.45, 2.75) is 27.7 Å². The Morgan fingerprint density at radius 3 is 0.526 bits per heavy atom. The zero-order valence-electron chi connectivity index (χ0n) is 10.9. The van der Waals surface area contributed by atoms with Gasteiger partial charge in [0.25, 0.3) is 23.9 Å². The molecule has 0 aliphatic carbocycles. The summed E-state index contributed by atoms with van der Waals surface area (Å²) in [7, 11) is 0. The smallest absolute Gasteiger partial charge is 0.300 e. The van der Waals surface area contributed by atoms with E-state index >= 15 is 0 Å². The van der Waals surface area contributed by atoms with E-state index in [1.807, 2.05) is 0 Å². The summed E-state index contributed by atoms with van der Waals surface area (Å²) in [6.07, 6.45) is 0. The minimum atomic E-state index is -0.833. The van der Waals surface area contributed by atoms with Crippen molar-refractivity contribution in [2.75, 3.05) is 0 Å². The molecule has 0 amide bonds. The molecule has 0 aliphatic heterocycles. The molecule has 0 rings (SSSR count). The fourth-order valence-electron chi connectivity index (χ4n) is 0. The average Bonchev–Trinajstić information content (AvgIpc) is 1.76. The molecule has 0 saturated heterocycles. The van der Waals surface area contributed by atoms with E-state index in [1.165, 1.54) is 0 Å². The summed E-state index contributed by atoms with van der Waals surface area (Å²) < 4.78 is 0. The van der Waals surface area contributed by atoms with E-state index in [1.54, 1.807) is 0 Å². The number of hydrogen-bond acceptors (Lipinski definition) is 4. The van der Waals surface area contributed by atoms with E-state index in [2.05, 4.69) is 0 Å². The summed E-state index contributed by atoms with van der Waals surface area (Å²) in [6, 6.07) is 0. The normalized spacial score (nSPS) is 5.26. The van der Waals surface area contributed by atoms with Crippen LogP contribution >= 0.6 is 0 Å². The third-order valence-electron chi connectivity index (χ3n) is 0. The van der Waals surface area contributed by atoms with E-state index < -0.39 is 23.9 Å². The molecular weight excluding hydrogens is 304 g/mol. The van der Waals surface area contributed by atoms with Gasteiger partial charge in [-0.25, -0.2) is 0 Å². The first-order valence-electron chi connectivity index (χ1n) is 3.71. The average molecular weight is 324 g/mol. The molecule has 0 bridgehead atoms. The zero-order valence-corrected chi connectivity index (χ0v) is 12.5. The van der Waals surface area contributed by atoms with Crippen LogP contribution in [-0.2, 0) is 40.9 Å². The van der Waals surface area contributed by atoms with Crippen LogP contribution < -0.4 is 0 Å². The van der Waals surface area contributed by atoms with Crippen molar-refractivity contribution < 1.29 is 72.3 Å². The quantitative estimate of drug-likeness (QED) is 0.392. The van der Waals surface area contributed by atoms with Gasteiger partial charge in [0.05, 0.1) is 0 Å². The Morgan fingerprint density at radius 1 is 0.526 bits per heavy atom. The number of hydrogen-bond donors (Lipinski definition) is 4. The van der Waals surface area contributed by atoms with Gasteiger partial charge in [-0.15, -0.1) is 0 Å². The number of carboxylic acids is 4. The molecular formula is C8H20O10Ti. The second-order valence-electron chi connectivity index (χ2n) is 2.08. The van der Waals surface area contributed by atoms with Crippen LogP contribution in [0.3, 0.4) is 0 Å². The van der Waals surface area contributed by atoms with Gasteiger partial charge < -0.3 is 31.4 Å². The third kappa shape index (κ3) is 1580. The van der Waals surface area contributed by atoms with E-state index in [0.717, 1.165) is 27.7 Å². The van der Waals surface area contributed by atoms with Crippen molar-refractivity contribution in [3.8, 4) is 0 Å². The van der Waals surface area contributed by atoms with Crippen LogP contribution in [0.2, 0.25) is 0 Å². The van der Waals surface area contributed by atoms with Crippen LogP contribution in [0.25, 0.3) is 0 Å². The molecule has 116 valence electrons. The Morgan fingerprint density at radius 2 is 0.526 bits per heavy atom. The van der Waals surface area contributed by atoms with Gasteiger partial charge >= 0.3 is 0 Å². The standard InChI is InChI=1S/4C2H4O2.2H2O.Ti/c4*1-2(3)4;;;/h4*1H3,(H,3,4);2*1H2;. The minimum Gasteiger partial charge on any atom is -0.481 e. The first-order valence-corrected chi connectivity index (χ1v) is 3.71. The fraction of sp³-hybridized carbons (Fsp3) is 0.500. The molecule has 0 spiro atoms. The largest absolute Gasteiger partial charge is 0.481 e. The second-order valence-corrected chi connectivity index (χ2v) is 2.08. The second kappa shape index (κ2) is 36.0. The third-order valence-corrected chi connectivity index (χ3v) is 0. The molecule has 0 atom stereocenters. The monoisotopic (exact) mass is 324 g/mol. The SMILES string of the molecule is CC(=O)O.CC(=O)O.CC(=O)O.CC(=O)O.O.O.[Ti]. The maximum absolute atomic E-state index is 9.00. The Balaban J connectivity index is -0.0000000192. The van der Waals surface area contributed by atoms with E-state index in [4.69, 9.17) is 39.6 Å². The number of rotatable bonds is 0. The molecule has 0 fully saturated rings. The predicted molar refractivity (Wildman–Crippen MR) is 60.5 cm³/mol. The van der Waals surface area contributed by atoms with Gasteiger partial charge in [0.2, 0.25) is 0 Å². The first kappa shape index (κ1) is 43.2. The minimum absolute atomic E-state index is 0. The van der Waals surface area contributed by atoms with Crippen LogP contribution in [0.1, 0.15) is 27.7 Å². The molecule has 0 aliphatic rings. The molecule has 19 heavy (non-hydrogen) atoms. The summed E-state index contributed by atoms with van der Waals surface area (Å²) in [5.74, 6) is -3.33. The molecule has 0 aromatic heterocycles. The van der Waals surface area contributed by atoms with Gasteiger partial charge in [0, 0.05) is 49.4 Å². The van der Waals surface area contributed by atoms with Gasteiger partial charge in [-0.2, -0.15) is 0 Å². The zero-order chi connectivity index (χ0) is 14.3. The Labute approximate surface area is 124 Å². The van der Waals surface area contributed by atoms with E-state index in [-0.39, 0.29) is 32.7 Å². The maximum atomic E-state index is 9.00. The Hall–Kier alpha value is -1.49. The molecule has 11 heteroatoms. The molecule has 8 N–H and O–H groups in total. The number of carbonyl (C=O) groups is 4. The van der Waals surface area contributed by atoms with Crippen LogP contribution in [0.5, 0.6) is 0 Å². The van der Waals surface area contributed by atoms with Crippen LogP contribution in [0, 0.1) is 0 Å². The van der Waals surface area contributed by atoms with Crippen molar-refractivity contribution in [1.29, 1.82) is 0 Å². The van der Waals surface area contributed by atoms with Crippen LogP contribution in [-0.4, -0.2) is 55.3 Å². The molecule has 10 nitrogen and oxygen atoms in total. The first-order chi connectivity index (χ1) is 6.93. The molecule has 0 aromatic carbocycles.